The standard InChI is InChI=1S/C29H25NO7/c1-17(35-21-7-3-2-4-8-21)36-26-24(30-27(32)22-9-5-6-10-23(22)28(30)33)15-19-16-34-29(37-25(19)26)18-11-13-20(31)14-12-18/h2-14,19,24-26,29,31H,1,15-16H2/t19-,24+,25+,26-,29?/m0/s1. The molecule has 2 aliphatic heterocycles. The third-order valence-corrected chi connectivity index (χ3v) is 7.02. The summed E-state index contributed by atoms with van der Waals surface area (Å²) in [6.45, 7) is 4.28. The van der Waals surface area contributed by atoms with Crippen molar-refractivity contribution in [3.8, 4) is 11.5 Å². The zero-order valence-electron chi connectivity index (χ0n) is 19.9. The van der Waals surface area contributed by atoms with E-state index in [9.17, 15) is 14.7 Å². The topological polar surface area (TPSA) is 94.5 Å². The van der Waals surface area contributed by atoms with Crippen LogP contribution in [0.4, 0.5) is 0 Å². The number of carbonyl (C=O) groups excluding carboxylic acids is 2. The molecule has 6 rings (SSSR count). The Morgan fingerprint density at radius 2 is 1.57 bits per heavy atom. The monoisotopic (exact) mass is 499 g/mol. The second-order valence-corrected chi connectivity index (χ2v) is 9.32. The van der Waals surface area contributed by atoms with Crippen LogP contribution in [0.25, 0.3) is 0 Å². The number of hydrogen-bond donors (Lipinski definition) is 1. The Balaban J connectivity index is 1.29. The number of carbonyl (C=O) groups is 2. The van der Waals surface area contributed by atoms with Crippen LogP contribution in [0.5, 0.6) is 11.5 Å². The molecule has 1 saturated carbocycles. The number of para-hydroxylation sites is 1. The average molecular weight is 500 g/mol. The maximum absolute atomic E-state index is 13.3. The van der Waals surface area contributed by atoms with Gasteiger partial charge in [0, 0.05) is 11.5 Å². The van der Waals surface area contributed by atoms with Gasteiger partial charge in [0.25, 0.3) is 17.8 Å². The van der Waals surface area contributed by atoms with Crippen molar-refractivity contribution in [1.29, 1.82) is 0 Å². The van der Waals surface area contributed by atoms with E-state index in [-0.39, 0.29) is 29.4 Å². The molecule has 2 amide bonds. The summed E-state index contributed by atoms with van der Waals surface area (Å²) in [7, 11) is 0. The average Bonchev–Trinajstić information content (AvgIpc) is 3.38. The van der Waals surface area contributed by atoms with E-state index in [1.54, 1.807) is 60.7 Å². The van der Waals surface area contributed by atoms with Crippen LogP contribution in [0.1, 0.15) is 39.0 Å². The number of amides is 2. The smallest absolute Gasteiger partial charge is 0.277 e. The minimum Gasteiger partial charge on any atom is -0.508 e. The third kappa shape index (κ3) is 4.24. The maximum Gasteiger partial charge on any atom is 0.277 e. The molecule has 37 heavy (non-hydrogen) atoms. The predicted molar refractivity (Wildman–Crippen MR) is 132 cm³/mol. The zero-order valence-corrected chi connectivity index (χ0v) is 19.9. The van der Waals surface area contributed by atoms with Gasteiger partial charge in [0.15, 0.2) is 6.29 Å². The van der Waals surface area contributed by atoms with Gasteiger partial charge in [0.05, 0.1) is 23.8 Å². The van der Waals surface area contributed by atoms with Gasteiger partial charge in [-0.25, -0.2) is 0 Å². The molecule has 3 aliphatic rings. The van der Waals surface area contributed by atoms with Crippen molar-refractivity contribution in [3.05, 3.63) is 108 Å². The number of benzene rings is 3. The van der Waals surface area contributed by atoms with E-state index < -0.39 is 24.5 Å². The Kier molecular flexibility index (Phi) is 5.90. The normalized spacial score (nSPS) is 26.5. The van der Waals surface area contributed by atoms with Crippen molar-refractivity contribution >= 4 is 11.8 Å². The Labute approximate surface area is 213 Å². The molecule has 2 fully saturated rings. The molecule has 2 heterocycles. The molecule has 3 aromatic rings. The van der Waals surface area contributed by atoms with Crippen LogP contribution < -0.4 is 4.74 Å². The molecule has 1 aliphatic carbocycles. The van der Waals surface area contributed by atoms with E-state index >= 15 is 0 Å². The molecule has 1 saturated heterocycles. The highest BCUT2D eigenvalue weighted by Crippen LogP contribution is 2.44. The number of ether oxygens (including phenoxy) is 4. The van der Waals surface area contributed by atoms with Crippen LogP contribution in [-0.4, -0.2) is 46.7 Å². The minimum atomic E-state index is -0.730. The Morgan fingerprint density at radius 3 is 2.24 bits per heavy atom. The first-order valence-corrected chi connectivity index (χ1v) is 12.1. The summed E-state index contributed by atoms with van der Waals surface area (Å²) >= 11 is 0. The molecular formula is C29H25NO7. The van der Waals surface area contributed by atoms with Crippen molar-refractivity contribution in [3.63, 3.8) is 0 Å². The molecule has 188 valence electrons. The van der Waals surface area contributed by atoms with Crippen LogP contribution in [0.3, 0.4) is 0 Å². The summed E-state index contributed by atoms with van der Waals surface area (Å²) in [5.41, 5.74) is 1.48. The number of rotatable bonds is 6. The minimum absolute atomic E-state index is 0.0368. The van der Waals surface area contributed by atoms with Gasteiger partial charge in [0.1, 0.15) is 23.7 Å². The van der Waals surface area contributed by atoms with Gasteiger partial charge < -0.3 is 24.1 Å². The lowest BCUT2D eigenvalue weighted by atomic mass is 10.0. The lowest BCUT2D eigenvalue weighted by Crippen LogP contribution is -2.49. The highest BCUT2D eigenvalue weighted by molar-refractivity contribution is 6.21. The fourth-order valence-electron chi connectivity index (χ4n) is 5.32. The SMILES string of the molecule is C=C(Oc1ccccc1)O[C@@H]1[C@@H]2OC(c3ccc(O)cc3)OC[C@@H]2C[C@H]1N1C(=O)c2ccccc2C1=O. The van der Waals surface area contributed by atoms with Crippen LogP contribution in [0.15, 0.2) is 91.4 Å². The zero-order chi connectivity index (χ0) is 25.5. The molecule has 3 aromatic carbocycles. The number of nitrogens with zero attached hydrogens (tertiary/aromatic N) is 1. The van der Waals surface area contributed by atoms with E-state index in [4.69, 9.17) is 18.9 Å². The number of phenolic OH excluding ortho intramolecular Hbond substituents is 1. The molecular weight excluding hydrogens is 474 g/mol. The molecule has 0 aromatic heterocycles. The van der Waals surface area contributed by atoms with Crippen molar-refractivity contribution in [2.45, 2.75) is 31.0 Å². The highest BCUT2D eigenvalue weighted by Gasteiger charge is 2.55. The Morgan fingerprint density at radius 1 is 0.919 bits per heavy atom. The summed E-state index contributed by atoms with van der Waals surface area (Å²) in [6.07, 6.45) is -1.48. The summed E-state index contributed by atoms with van der Waals surface area (Å²) in [5, 5.41) is 9.65. The van der Waals surface area contributed by atoms with Gasteiger partial charge in [-0.05, 0) is 49.4 Å². The number of phenols is 1. The second-order valence-electron chi connectivity index (χ2n) is 9.32. The van der Waals surface area contributed by atoms with E-state index in [1.807, 2.05) is 18.2 Å². The van der Waals surface area contributed by atoms with Crippen molar-refractivity contribution in [1.82, 2.24) is 4.90 Å². The van der Waals surface area contributed by atoms with Crippen molar-refractivity contribution in [2.75, 3.05) is 6.61 Å². The van der Waals surface area contributed by atoms with Gasteiger partial charge in [0.2, 0.25) is 0 Å². The van der Waals surface area contributed by atoms with Gasteiger partial charge in [-0.3, -0.25) is 14.5 Å². The predicted octanol–water partition coefficient (Wildman–Crippen LogP) is 4.43. The molecule has 5 atom stereocenters. The van der Waals surface area contributed by atoms with E-state index in [2.05, 4.69) is 6.58 Å². The number of aromatic hydroxyl groups is 1. The first-order valence-electron chi connectivity index (χ1n) is 12.1. The van der Waals surface area contributed by atoms with Gasteiger partial charge >= 0.3 is 0 Å². The van der Waals surface area contributed by atoms with Crippen molar-refractivity contribution in [2.24, 2.45) is 5.92 Å². The molecule has 8 heteroatoms. The second kappa shape index (κ2) is 9.38. The van der Waals surface area contributed by atoms with Crippen LogP contribution in [0, 0.1) is 5.92 Å². The first-order chi connectivity index (χ1) is 18.0. The molecule has 0 spiro atoms. The van der Waals surface area contributed by atoms with Gasteiger partial charge in [-0.1, -0.05) is 42.5 Å². The summed E-state index contributed by atoms with van der Waals surface area (Å²) in [4.78, 5) is 28.0. The van der Waals surface area contributed by atoms with E-state index in [1.165, 1.54) is 4.90 Å². The molecule has 0 radical (unpaired) electrons. The third-order valence-electron chi connectivity index (χ3n) is 7.02. The Hall–Kier alpha value is -4.14. The first kappa shape index (κ1) is 23.3. The van der Waals surface area contributed by atoms with Crippen LogP contribution in [-0.2, 0) is 14.2 Å². The lowest BCUT2D eigenvalue weighted by molar-refractivity contribution is -0.252. The molecule has 8 nitrogen and oxygen atoms in total. The molecule has 1 unspecified atom stereocenters. The summed E-state index contributed by atoms with van der Waals surface area (Å²) in [6, 6.07) is 21.9. The van der Waals surface area contributed by atoms with Gasteiger partial charge in [-0.15, -0.1) is 0 Å². The summed E-state index contributed by atoms with van der Waals surface area (Å²) < 4.78 is 24.4. The fourth-order valence-corrected chi connectivity index (χ4v) is 5.32. The lowest BCUT2D eigenvalue weighted by Gasteiger charge is -2.36. The largest absolute Gasteiger partial charge is 0.508 e. The van der Waals surface area contributed by atoms with Gasteiger partial charge in [-0.2, -0.15) is 0 Å². The van der Waals surface area contributed by atoms with Crippen LogP contribution >= 0.6 is 0 Å². The van der Waals surface area contributed by atoms with E-state index in [0.717, 1.165) is 5.56 Å². The van der Waals surface area contributed by atoms with Crippen molar-refractivity contribution < 1.29 is 33.6 Å². The number of hydrogen-bond acceptors (Lipinski definition) is 7. The number of imide groups is 1. The Bertz CT molecular complexity index is 1300. The summed E-state index contributed by atoms with van der Waals surface area (Å²) in [5.74, 6) is -0.118. The molecule has 0 bridgehead atoms. The van der Waals surface area contributed by atoms with E-state index in [0.29, 0.717) is 29.9 Å². The highest BCUT2D eigenvalue weighted by atomic mass is 16.7. The quantitative estimate of drug-likeness (QED) is 0.396. The fraction of sp³-hybridized carbons (Fsp3) is 0.241. The molecule has 1 N–H and O–H groups in total. The number of fused-ring (bicyclic) bond motifs is 2. The maximum atomic E-state index is 13.3. The van der Waals surface area contributed by atoms with Crippen LogP contribution in [0.2, 0.25) is 0 Å².